The maximum absolute atomic E-state index is 13.0. The molecule has 0 N–H and O–H groups in total. The van der Waals surface area contributed by atoms with Crippen LogP contribution in [-0.4, -0.2) is 33.5 Å². The molecule has 4 heterocycles. The summed E-state index contributed by atoms with van der Waals surface area (Å²) in [5.41, 5.74) is 5.20. The minimum absolute atomic E-state index is 0.137. The van der Waals surface area contributed by atoms with Crippen LogP contribution in [0.4, 0.5) is 0 Å². The molecule has 4 aromatic rings. The lowest BCUT2D eigenvalue weighted by molar-refractivity contribution is 0.134. The molecule has 2 aromatic heterocycles. The molecule has 0 amide bonds. The Morgan fingerprint density at radius 1 is 1.00 bits per heavy atom. The van der Waals surface area contributed by atoms with Crippen LogP contribution >= 0.6 is 0 Å². The van der Waals surface area contributed by atoms with Crippen molar-refractivity contribution in [2.45, 2.75) is 51.7 Å². The van der Waals surface area contributed by atoms with E-state index in [1.54, 1.807) is 17.7 Å². The van der Waals surface area contributed by atoms with Gasteiger partial charge in [0.2, 0.25) is 0 Å². The van der Waals surface area contributed by atoms with Crippen LogP contribution in [-0.2, 0) is 12.8 Å². The normalized spacial score (nSPS) is 17.2. The number of para-hydroxylation sites is 1. The molecule has 2 aliphatic heterocycles. The number of aromatic nitrogens is 2. The molecule has 6 rings (SSSR count). The number of hydrogen-bond acceptors (Lipinski definition) is 5. The van der Waals surface area contributed by atoms with E-state index in [1.165, 1.54) is 5.56 Å². The third kappa shape index (κ3) is 3.68. The molecule has 0 aliphatic carbocycles. The zero-order valence-corrected chi connectivity index (χ0v) is 21.3. The van der Waals surface area contributed by atoms with Gasteiger partial charge in [-0.1, -0.05) is 18.2 Å². The summed E-state index contributed by atoms with van der Waals surface area (Å²) in [5.74, 6) is 2.13. The molecule has 2 aliphatic rings. The van der Waals surface area contributed by atoms with Crippen LogP contribution in [0.2, 0.25) is 0 Å². The van der Waals surface area contributed by atoms with E-state index in [-0.39, 0.29) is 16.7 Å². The number of fused-ring (bicyclic) bond motifs is 4. The Morgan fingerprint density at radius 2 is 1.81 bits per heavy atom. The largest absolute Gasteiger partial charge is 0.493 e. The number of rotatable bonds is 3. The van der Waals surface area contributed by atoms with E-state index in [0.717, 1.165) is 57.6 Å². The summed E-state index contributed by atoms with van der Waals surface area (Å²) in [6.07, 6.45) is 3.41. The molecular formula is C30H29N3O3. The summed E-state index contributed by atoms with van der Waals surface area (Å²) in [6, 6.07) is 17.3. The van der Waals surface area contributed by atoms with Crippen molar-refractivity contribution in [3.05, 3.63) is 93.4 Å². The van der Waals surface area contributed by atoms with Gasteiger partial charge in [-0.25, -0.2) is 4.98 Å². The lowest BCUT2D eigenvalue weighted by Crippen LogP contribution is -2.31. The highest BCUT2D eigenvalue weighted by Crippen LogP contribution is 2.47. The zero-order valence-electron chi connectivity index (χ0n) is 21.3. The predicted molar refractivity (Wildman–Crippen MR) is 142 cm³/mol. The fraction of sp³-hybridized carbons (Fsp3) is 0.300. The molecule has 182 valence electrons. The van der Waals surface area contributed by atoms with Crippen molar-refractivity contribution in [3.63, 3.8) is 0 Å². The first-order valence-electron chi connectivity index (χ1n) is 12.3. The zero-order chi connectivity index (χ0) is 25.2. The van der Waals surface area contributed by atoms with Crippen LogP contribution in [0.1, 0.15) is 49.9 Å². The van der Waals surface area contributed by atoms with E-state index < -0.39 is 0 Å². The second-order valence-corrected chi connectivity index (χ2v) is 10.9. The molecule has 36 heavy (non-hydrogen) atoms. The number of nitrogens with zero attached hydrogens (tertiary/aromatic N) is 3. The molecule has 6 nitrogen and oxygen atoms in total. The number of methoxy groups -OCH3 is 1. The van der Waals surface area contributed by atoms with Gasteiger partial charge in [-0.2, -0.15) is 0 Å². The van der Waals surface area contributed by atoms with Gasteiger partial charge in [-0.3, -0.25) is 14.4 Å². The van der Waals surface area contributed by atoms with Gasteiger partial charge in [0.05, 0.1) is 23.9 Å². The van der Waals surface area contributed by atoms with Crippen LogP contribution in [0.15, 0.2) is 70.6 Å². The summed E-state index contributed by atoms with van der Waals surface area (Å²) in [5, 5.41) is 1.03. The highest BCUT2D eigenvalue weighted by Gasteiger charge is 2.39. The highest BCUT2D eigenvalue weighted by atomic mass is 16.5. The van der Waals surface area contributed by atoms with E-state index in [2.05, 4.69) is 33.8 Å². The Kier molecular flexibility index (Phi) is 4.87. The first-order chi connectivity index (χ1) is 17.1. The summed E-state index contributed by atoms with van der Waals surface area (Å²) >= 11 is 0. The Bertz CT molecular complexity index is 1630. The molecule has 6 heteroatoms. The first kappa shape index (κ1) is 22.5. The van der Waals surface area contributed by atoms with Gasteiger partial charge in [0.1, 0.15) is 11.4 Å². The third-order valence-corrected chi connectivity index (χ3v) is 6.92. The minimum Gasteiger partial charge on any atom is -0.493 e. The maximum atomic E-state index is 13.0. The molecule has 2 aromatic carbocycles. The third-order valence-electron chi connectivity index (χ3n) is 6.92. The van der Waals surface area contributed by atoms with Crippen LogP contribution < -0.4 is 15.0 Å². The Balaban J connectivity index is 1.55. The van der Waals surface area contributed by atoms with Gasteiger partial charge in [0.25, 0.3) is 5.56 Å². The predicted octanol–water partition coefficient (Wildman–Crippen LogP) is 5.28. The van der Waals surface area contributed by atoms with E-state index >= 15 is 0 Å². The molecule has 0 atom stereocenters. The average molecular weight is 480 g/mol. The monoisotopic (exact) mass is 479 g/mol. The van der Waals surface area contributed by atoms with E-state index in [9.17, 15) is 4.79 Å². The molecule has 0 saturated carbocycles. The van der Waals surface area contributed by atoms with Gasteiger partial charge >= 0.3 is 0 Å². The molecule has 0 spiro atoms. The molecule has 0 bridgehead atoms. The van der Waals surface area contributed by atoms with Crippen LogP contribution in [0.25, 0.3) is 16.7 Å². The van der Waals surface area contributed by atoms with Gasteiger partial charge in [0.15, 0.2) is 11.5 Å². The number of ether oxygens (including phenoxy) is 2. The summed E-state index contributed by atoms with van der Waals surface area (Å²) < 4.78 is 13.7. The van der Waals surface area contributed by atoms with Gasteiger partial charge < -0.3 is 9.47 Å². The Morgan fingerprint density at radius 3 is 2.61 bits per heavy atom. The minimum atomic E-state index is -0.337. The van der Waals surface area contributed by atoms with E-state index in [0.29, 0.717) is 5.82 Å². The lowest BCUT2D eigenvalue weighted by Gasteiger charge is -2.31. The fourth-order valence-corrected chi connectivity index (χ4v) is 5.43. The average Bonchev–Trinajstić information content (AvgIpc) is 3.17. The standard InChI is InChI=1S/C30H29N3O3/c1-29(2)15-20-14-23(35-5)28-21(16-30(3,4)36-28)26(20)27(32-29)19-11-13-25(34)33(17-19)24-12-10-18-8-6-7-9-22(18)31-24/h6-14,17H,15-16H2,1-5H3. The number of aliphatic imine (C=N–C) groups is 1. The summed E-state index contributed by atoms with van der Waals surface area (Å²) in [6.45, 7) is 8.45. The van der Waals surface area contributed by atoms with Gasteiger partial charge in [-0.05, 0) is 70.0 Å². The molecule has 0 radical (unpaired) electrons. The molecule has 0 fully saturated rings. The second-order valence-electron chi connectivity index (χ2n) is 10.9. The number of pyridine rings is 2. The SMILES string of the molecule is COc1cc2c(c3c1OC(C)(C)C3)C(c1ccc(=O)n(-c3ccc4ccccc4n3)c1)=NC(C)(C)C2. The first-order valence-corrected chi connectivity index (χ1v) is 12.3. The lowest BCUT2D eigenvalue weighted by atomic mass is 9.81. The van der Waals surface area contributed by atoms with Gasteiger partial charge in [-0.15, -0.1) is 0 Å². The van der Waals surface area contributed by atoms with Crippen LogP contribution in [0.5, 0.6) is 11.5 Å². The number of benzene rings is 2. The maximum Gasteiger partial charge on any atom is 0.256 e. The van der Waals surface area contributed by atoms with E-state index in [4.69, 9.17) is 19.5 Å². The second kappa shape index (κ2) is 7.79. The molecular weight excluding hydrogens is 450 g/mol. The van der Waals surface area contributed by atoms with E-state index in [1.807, 2.05) is 48.7 Å². The summed E-state index contributed by atoms with van der Waals surface area (Å²) in [4.78, 5) is 22.9. The Labute approximate surface area is 210 Å². The van der Waals surface area contributed by atoms with Crippen molar-refractivity contribution in [2.24, 2.45) is 4.99 Å². The fourth-order valence-electron chi connectivity index (χ4n) is 5.43. The van der Waals surface area contributed by atoms with Crippen molar-refractivity contribution in [2.75, 3.05) is 7.11 Å². The highest BCUT2D eigenvalue weighted by molar-refractivity contribution is 6.16. The van der Waals surface area contributed by atoms with Crippen molar-refractivity contribution < 1.29 is 9.47 Å². The van der Waals surface area contributed by atoms with Crippen molar-refractivity contribution in [1.29, 1.82) is 0 Å². The smallest absolute Gasteiger partial charge is 0.256 e. The number of hydrogen-bond donors (Lipinski definition) is 0. The molecule has 0 unspecified atom stereocenters. The summed E-state index contributed by atoms with van der Waals surface area (Å²) in [7, 11) is 1.69. The van der Waals surface area contributed by atoms with Crippen LogP contribution in [0, 0.1) is 0 Å². The van der Waals surface area contributed by atoms with Crippen molar-refractivity contribution in [1.82, 2.24) is 9.55 Å². The van der Waals surface area contributed by atoms with Crippen LogP contribution in [0.3, 0.4) is 0 Å². The quantitative estimate of drug-likeness (QED) is 0.401. The van der Waals surface area contributed by atoms with Crippen molar-refractivity contribution >= 4 is 16.6 Å². The topological polar surface area (TPSA) is 65.7 Å². The van der Waals surface area contributed by atoms with Crippen molar-refractivity contribution in [3.8, 4) is 17.3 Å². The Hall–Kier alpha value is -3.93. The molecule has 0 saturated heterocycles. The van der Waals surface area contributed by atoms with Gasteiger partial charge in [0, 0.05) is 40.8 Å².